The van der Waals surface area contributed by atoms with Crippen LogP contribution >= 0.6 is 0 Å². The first kappa shape index (κ1) is 69.7. The van der Waals surface area contributed by atoms with Crippen molar-refractivity contribution in [3.63, 3.8) is 0 Å². The number of anilines is 9. The van der Waals surface area contributed by atoms with E-state index < -0.39 is 11.1 Å². The van der Waals surface area contributed by atoms with Crippen molar-refractivity contribution in [2.45, 2.75) is 11.1 Å². The molecule has 0 amide bonds. The molecule has 0 radical (unpaired) electrons. The molecule has 0 aliphatic carbocycles. The third-order valence-electron chi connectivity index (χ3n) is 25.1. The highest BCUT2D eigenvalue weighted by Crippen LogP contribution is 2.60. The van der Waals surface area contributed by atoms with E-state index in [0.717, 1.165) is 51.2 Å². The second kappa shape index (κ2) is 28.6. The lowest BCUT2D eigenvalue weighted by atomic mass is 9.72. The van der Waals surface area contributed by atoms with Gasteiger partial charge in [-0.2, -0.15) is 0 Å². The fraction of sp³-hybridized carbons (Fsp3) is 0.0175. The van der Waals surface area contributed by atoms with Crippen molar-refractivity contribution in [2.24, 2.45) is 0 Å². The topological polar surface area (TPSA) is 24.5 Å². The minimum atomic E-state index is -0.672. The Kier molecular flexibility index (Phi) is 16.6. The summed E-state index contributed by atoms with van der Waals surface area (Å²) in [6, 6.07) is 173. The van der Waals surface area contributed by atoms with Gasteiger partial charge in [-0.05, 0) is 172 Å². The van der Waals surface area contributed by atoms with Crippen LogP contribution in [0.15, 0.2) is 473 Å². The third-order valence-corrected chi connectivity index (χ3v) is 25.1. The zero-order chi connectivity index (χ0) is 79.2. The Morgan fingerprint density at radius 2 is 0.500 bits per heavy atom. The van der Waals surface area contributed by atoms with Gasteiger partial charge in [0.15, 0.2) is 0 Å². The van der Waals surface area contributed by atoms with Gasteiger partial charge in [-0.25, -0.2) is 0 Å². The van der Waals surface area contributed by atoms with Gasteiger partial charge in [-0.1, -0.05) is 340 Å². The molecule has 0 saturated heterocycles. The first-order valence-corrected chi connectivity index (χ1v) is 41.4. The van der Waals surface area contributed by atoms with E-state index >= 15 is 0 Å². The van der Waals surface area contributed by atoms with Crippen LogP contribution in [0, 0.1) is 0 Å². The molecular weight excluding hydrogens is 1450 g/mol. The second-order valence-electron chi connectivity index (χ2n) is 31.4. The summed E-state index contributed by atoms with van der Waals surface area (Å²) in [4.78, 5) is 7.27. The number of para-hydroxylation sites is 11. The van der Waals surface area contributed by atoms with E-state index in [1.165, 1.54) is 138 Å². The van der Waals surface area contributed by atoms with Gasteiger partial charge in [0.25, 0.3) is 0 Å². The Hall–Kier alpha value is -15.8. The van der Waals surface area contributed by atoms with Gasteiger partial charge in [0.2, 0.25) is 0 Å². The SMILES string of the molecule is c1ccc(-n2c3ccccc3c3cc(-c4ccc(N5c6ccccc6C(c6ccccc6)(n6c7ccccc7c7ccccc76)c6ccccc65)cc4)ccc32)cc1.c1ccc(N(c2ccc(-c3ccc(N4c5ccccc5C(c5ccccc5)(n5c6ccccc6c6ccccc65)c5ccccc54)cc3)cc2)c2cccc3ccccc23)cc1. The van der Waals surface area contributed by atoms with Gasteiger partial charge in [-0.15, -0.1) is 0 Å². The maximum Gasteiger partial charge on any atom is 0.125 e. The molecule has 5 heterocycles. The van der Waals surface area contributed by atoms with Crippen molar-refractivity contribution in [3.05, 3.63) is 507 Å². The number of hydrogen-bond donors (Lipinski definition) is 0. The molecule has 6 heteroatoms. The highest BCUT2D eigenvalue weighted by Gasteiger charge is 2.50. The Morgan fingerprint density at radius 1 is 0.192 bits per heavy atom. The highest BCUT2D eigenvalue weighted by molar-refractivity contribution is 6.13. The van der Waals surface area contributed by atoms with Crippen LogP contribution in [0.4, 0.5) is 51.2 Å². The minimum absolute atomic E-state index is 0.665. The van der Waals surface area contributed by atoms with Crippen LogP contribution < -0.4 is 14.7 Å². The molecule has 6 nitrogen and oxygen atoms in total. The average molecular weight is 1530 g/mol. The van der Waals surface area contributed by atoms with E-state index in [2.05, 4.69) is 502 Å². The number of nitrogens with zero attached hydrogens (tertiary/aromatic N) is 6. The van der Waals surface area contributed by atoms with E-state index in [9.17, 15) is 0 Å². The molecule has 19 aromatic carbocycles. The summed E-state index contributed by atoms with van der Waals surface area (Å²) in [6.07, 6.45) is 0. The Balaban J connectivity index is 0.000000140. The molecule has 0 atom stereocenters. The van der Waals surface area contributed by atoms with Crippen molar-refractivity contribution in [3.8, 4) is 27.9 Å². The fourth-order valence-electron chi connectivity index (χ4n) is 20.1. The van der Waals surface area contributed by atoms with Crippen molar-refractivity contribution in [2.75, 3.05) is 14.7 Å². The first-order valence-electron chi connectivity index (χ1n) is 41.4. The van der Waals surface area contributed by atoms with E-state index in [1.807, 2.05) is 0 Å². The number of rotatable bonds is 12. The molecule has 564 valence electrons. The molecular formula is C114H78N6. The number of aromatic nitrogens is 3. The van der Waals surface area contributed by atoms with Crippen LogP contribution in [0.1, 0.15) is 33.4 Å². The average Bonchev–Trinajstić information content (AvgIpc) is 1.14. The maximum atomic E-state index is 2.61. The minimum Gasteiger partial charge on any atom is -0.322 e. The Morgan fingerprint density at radius 3 is 0.942 bits per heavy atom. The van der Waals surface area contributed by atoms with Crippen molar-refractivity contribution < 1.29 is 0 Å². The Bertz CT molecular complexity index is 7450. The summed E-state index contributed by atoms with van der Waals surface area (Å²) in [5, 5.41) is 9.96. The van der Waals surface area contributed by atoms with Crippen LogP contribution in [0.3, 0.4) is 0 Å². The summed E-state index contributed by atoms with van der Waals surface area (Å²) in [5.41, 5.74) is 29.4. The van der Waals surface area contributed by atoms with Crippen LogP contribution in [0.5, 0.6) is 0 Å². The van der Waals surface area contributed by atoms with Gasteiger partial charge in [0.05, 0.1) is 61.5 Å². The quantitative estimate of drug-likeness (QED) is 0.122. The van der Waals surface area contributed by atoms with Gasteiger partial charge in [0.1, 0.15) is 11.1 Å². The van der Waals surface area contributed by atoms with E-state index in [0.29, 0.717) is 0 Å². The summed E-state index contributed by atoms with van der Waals surface area (Å²) < 4.78 is 7.58. The molecule has 0 saturated carbocycles. The summed E-state index contributed by atoms with van der Waals surface area (Å²) in [6.45, 7) is 0. The van der Waals surface area contributed by atoms with Crippen LogP contribution in [0.2, 0.25) is 0 Å². The fourth-order valence-corrected chi connectivity index (χ4v) is 20.1. The molecule has 2 aliphatic rings. The molecule has 0 bridgehead atoms. The number of benzene rings is 19. The first-order chi connectivity index (χ1) is 59.6. The van der Waals surface area contributed by atoms with Crippen LogP contribution in [-0.4, -0.2) is 13.7 Å². The Labute approximate surface area is 696 Å². The van der Waals surface area contributed by atoms with Gasteiger partial charge in [0, 0.05) is 88.4 Å². The maximum absolute atomic E-state index is 2.61. The normalized spacial score (nSPS) is 13.1. The molecule has 3 aromatic heterocycles. The van der Waals surface area contributed by atoms with E-state index in [-0.39, 0.29) is 0 Å². The predicted octanol–water partition coefficient (Wildman–Crippen LogP) is 29.9. The number of hydrogen-bond acceptors (Lipinski definition) is 3. The summed E-state index contributed by atoms with van der Waals surface area (Å²) in [5.74, 6) is 0. The molecule has 2 aliphatic heterocycles. The third kappa shape index (κ3) is 10.8. The standard InChI is InChI=1S/C59H41N3.C55H37N3/c1-3-20-45(21-4-1)59(62-55-29-13-9-25-50(55)51-26-10-14-30-56(51)62)52-27-11-15-31-57(52)61(58-32-16-12-28-53(58)59)48-40-36-43(37-41-48)42-34-38-47(39-35-42)60(46-22-5-2-6-23-46)54-33-17-19-44-18-7-8-24-49(44)54;1-3-17-40(18-4-1)55(58-51-27-13-8-21-43(51)44-22-9-14-28-52(44)58)47-24-10-15-29-53(47)57(54-30-16-11-25-48(54)55)42-34-31-38(32-35-42)39-33-36-50-46(37-39)45-23-7-12-26-49(45)56(50)41-19-5-2-6-20-41/h1-41H;1-37H. The van der Waals surface area contributed by atoms with Crippen LogP contribution in [0.25, 0.3) is 104 Å². The monoisotopic (exact) mass is 1530 g/mol. The lowest BCUT2D eigenvalue weighted by Crippen LogP contribution is -2.42. The molecule has 0 unspecified atom stereocenters. The molecule has 0 spiro atoms. The zero-order valence-electron chi connectivity index (χ0n) is 65.7. The molecule has 0 fully saturated rings. The van der Waals surface area contributed by atoms with Crippen molar-refractivity contribution in [1.29, 1.82) is 0 Å². The van der Waals surface area contributed by atoms with Gasteiger partial charge >= 0.3 is 0 Å². The molecule has 22 aromatic rings. The predicted molar refractivity (Wildman–Crippen MR) is 502 cm³/mol. The van der Waals surface area contributed by atoms with Gasteiger partial charge < -0.3 is 28.4 Å². The summed E-state index contributed by atoms with van der Waals surface area (Å²) in [7, 11) is 0. The lowest BCUT2D eigenvalue weighted by Gasteiger charge is -2.47. The summed E-state index contributed by atoms with van der Waals surface area (Å²) >= 11 is 0. The lowest BCUT2D eigenvalue weighted by molar-refractivity contribution is 0.544. The van der Waals surface area contributed by atoms with Gasteiger partial charge in [-0.3, -0.25) is 0 Å². The van der Waals surface area contributed by atoms with Crippen molar-refractivity contribution >= 4 is 127 Å². The zero-order valence-corrected chi connectivity index (χ0v) is 65.7. The van der Waals surface area contributed by atoms with Crippen molar-refractivity contribution in [1.82, 2.24) is 13.7 Å². The largest absolute Gasteiger partial charge is 0.322 e. The molecule has 24 rings (SSSR count). The smallest absolute Gasteiger partial charge is 0.125 e. The van der Waals surface area contributed by atoms with E-state index in [1.54, 1.807) is 0 Å². The molecule has 0 N–H and O–H groups in total. The van der Waals surface area contributed by atoms with Crippen LogP contribution in [-0.2, 0) is 11.1 Å². The highest BCUT2D eigenvalue weighted by atomic mass is 15.2. The second-order valence-corrected chi connectivity index (χ2v) is 31.4. The molecule has 120 heavy (non-hydrogen) atoms. The number of fused-ring (bicyclic) bond motifs is 14. The van der Waals surface area contributed by atoms with E-state index in [4.69, 9.17) is 0 Å².